The summed E-state index contributed by atoms with van der Waals surface area (Å²) in [5, 5.41) is 18.1. The van der Waals surface area contributed by atoms with E-state index in [9.17, 15) is 21.6 Å². The second-order valence-electron chi connectivity index (χ2n) is 5.84. The number of hydrogen-bond donors (Lipinski definition) is 5. The lowest BCUT2D eigenvalue weighted by Gasteiger charge is -2.47. The van der Waals surface area contributed by atoms with Crippen molar-refractivity contribution >= 4 is 37.1 Å². The van der Waals surface area contributed by atoms with E-state index in [4.69, 9.17) is 15.9 Å². The van der Waals surface area contributed by atoms with Gasteiger partial charge in [0.2, 0.25) is 5.95 Å². The Labute approximate surface area is 142 Å². The van der Waals surface area contributed by atoms with Crippen LogP contribution in [0.5, 0.6) is 0 Å². The van der Waals surface area contributed by atoms with E-state index < -0.39 is 53.7 Å². The zero-order chi connectivity index (χ0) is 18.6. The van der Waals surface area contributed by atoms with Crippen LogP contribution in [0.15, 0.2) is 4.79 Å². The van der Waals surface area contributed by atoms with E-state index >= 15 is 0 Å². The van der Waals surface area contributed by atoms with Gasteiger partial charge in [-0.15, -0.1) is 0 Å². The third kappa shape index (κ3) is 2.74. The Morgan fingerprint density at radius 1 is 1.20 bits per heavy atom. The molecular formula is C11H17N5O7S2. The fourth-order valence-corrected chi connectivity index (χ4v) is 7.00. The average Bonchev–Trinajstić information content (AvgIpc) is 2.89. The predicted octanol–water partition coefficient (Wildman–Crippen LogP) is -3.22. The van der Waals surface area contributed by atoms with Crippen LogP contribution in [0.3, 0.4) is 0 Å². The topological polar surface area (TPSA) is 196 Å². The first-order valence-corrected chi connectivity index (χ1v) is 10.6. The number of aromatic amines is 1. The van der Waals surface area contributed by atoms with Gasteiger partial charge in [-0.05, 0) is 6.42 Å². The number of nitrogens with zero attached hydrogens (tertiary/aromatic N) is 2. The van der Waals surface area contributed by atoms with Gasteiger partial charge in [-0.2, -0.15) is 4.98 Å². The van der Waals surface area contributed by atoms with Crippen LogP contribution in [0, 0.1) is 0 Å². The van der Waals surface area contributed by atoms with Crippen LogP contribution in [-0.2, 0) is 19.7 Å². The molecule has 0 radical (unpaired) electrons. The number of nitrogens with two attached hydrogens (primary N) is 1. The number of aliphatic hydroxyl groups excluding tert-OH is 2. The highest BCUT2D eigenvalue weighted by molar-refractivity contribution is 7.96. The van der Waals surface area contributed by atoms with E-state index in [1.165, 1.54) is 4.90 Å². The Hall–Kier alpha value is -1.90. The molecule has 1 aromatic rings. The highest BCUT2D eigenvalue weighted by atomic mass is 32.2. The van der Waals surface area contributed by atoms with Crippen LogP contribution in [0.25, 0.3) is 0 Å². The molecule has 0 amide bonds. The maximum absolute atomic E-state index is 12.2. The Morgan fingerprint density at radius 3 is 2.44 bits per heavy atom. The summed E-state index contributed by atoms with van der Waals surface area (Å²) >= 11 is 0. The summed E-state index contributed by atoms with van der Waals surface area (Å²) in [7, 11) is -8.22. The number of sulfone groups is 2. The molecule has 1 aromatic heterocycles. The van der Waals surface area contributed by atoms with Gasteiger partial charge in [0.1, 0.15) is 22.8 Å². The summed E-state index contributed by atoms with van der Waals surface area (Å²) < 4.78 is 48.3. The maximum Gasteiger partial charge on any atom is 0.277 e. The number of aliphatic hydroxyl groups is 2. The van der Waals surface area contributed by atoms with Crippen LogP contribution < -0.4 is 21.5 Å². The van der Waals surface area contributed by atoms with Crippen molar-refractivity contribution in [3.63, 3.8) is 0 Å². The third-order valence-corrected chi connectivity index (χ3v) is 8.24. The molecule has 3 atom stereocenters. The van der Waals surface area contributed by atoms with Gasteiger partial charge < -0.3 is 26.2 Å². The summed E-state index contributed by atoms with van der Waals surface area (Å²) in [6, 6.07) is -0.842. The molecular weight excluding hydrogens is 378 g/mol. The number of fused-ring (bicyclic) bond motifs is 1. The lowest BCUT2D eigenvalue weighted by atomic mass is 9.90. The molecule has 0 spiro atoms. The van der Waals surface area contributed by atoms with Crippen molar-refractivity contribution in [2.45, 2.75) is 23.0 Å². The van der Waals surface area contributed by atoms with Crippen LogP contribution in [0.1, 0.15) is 6.42 Å². The van der Waals surface area contributed by atoms with Crippen molar-refractivity contribution in [2.24, 2.45) is 0 Å². The highest BCUT2D eigenvalue weighted by Crippen LogP contribution is 2.41. The van der Waals surface area contributed by atoms with Crippen molar-refractivity contribution < 1.29 is 27.0 Å². The summed E-state index contributed by atoms with van der Waals surface area (Å²) in [6.07, 6.45) is -0.0949. The largest absolute Gasteiger partial charge is 0.380 e. The number of H-pyrrole nitrogens is 1. The molecule has 140 valence electrons. The first-order chi connectivity index (χ1) is 11.6. The van der Waals surface area contributed by atoms with Crippen LogP contribution in [0.4, 0.5) is 17.5 Å². The Kier molecular flexibility index (Phi) is 4.17. The maximum atomic E-state index is 12.2. The lowest BCUT2D eigenvalue weighted by Crippen LogP contribution is -2.65. The van der Waals surface area contributed by atoms with Gasteiger partial charge in [0.05, 0.1) is 18.0 Å². The molecule has 25 heavy (non-hydrogen) atoms. The number of nitrogens with one attached hydrogen (secondary N) is 2. The molecule has 0 bridgehead atoms. The lowest BCUT2D eigenvalue weighted by molar-refractivity contribution is 0.324. The smallest absolute Gasteiger partial charge is 0.277 e. The molecule has 0 aromatic carbocycles. The standard InChI is InChI=1S/C11H17N5O7S2/c12-11-14-9-7(10(19)15-11)13-2-16(9)5-1-6(24(20,21)3-17)8(5)25(22,23)4-18/h5-6,8,13,17-18H,1-4H2,(H3,12,14,15,19). The molecule has 2 heterocycles. The van der Waals surface area contributed by atoms with Crippen LogP contribution in [0.2, 0.25) is 0 Å². The van der Waals surface area contributed by atoms with E-state index in [0.29, 0.717) is 0 Å². The zero-order valence-corrected chi connectivity index (χ0v) is 14.4. The van der Waals surface area contributed by atoms with Crippen LogP contribution >= 0.6 is 0 Å². The molecule has 2 aliphatic rings. The first-order valence-electron chi connectivity index (χ1n) is 7.17. The second-order valence-corrected chi connectivity index (χ2v) is 10.2. The van der Waals surface area contributed by atoms with Gasteiger partial charge in [-0.3, -0.25) is 9.78 Å². The summed E-state index contributed by atoms with van der Waals surface area (Å²) in [4.78, 5) is 19.6. The molecule has 1 saturated carbocycles. The van der Waals surface area contributed by atoms with Gasteiger partial charge >= 0.3 is 0 Å². The van der Waals surface area contributed by atoms with Gasteiger partial charge in [-0.25, -0.2) is 16.8 Å². The summed E-state index contributed by atoms with van der Waals surface area (Å²) in [5.74, 6) is -2.48. The summed E-state index contributed by atoms with van der Waals surface area (Å²) in [5.41, 5.74) is 5.07. The summed E-state index contributed by atoms with van der Waals surface area (Å²) in [6.45, 7) is 0.0306. The van der Waals surface area contributed by atoms with E-state index in [1.807, 2.05) is 0 Å². The van der Waals surface area contributed by atoms with Gasteiger partial charge in [0, 0.05) is 0 Å². The molecule has 0 saturated heterocycles. The Morgan fingerprint density at radius 2 is 1.84 bits per heavy atom. The quantitative estimate of drug-likeness (QED) is 0.336. The molecule has 1 aliphatic carbocycles. The molecule has 1 fully saturated rings. The van der Waals surface area contributed by atoms with Gasteiger partial charge in [0.25, 0.3) is 5.56 Å². The van der Waals surface area contributed by atoms with Crippen molar-refractivity contribution in [3.8, 4) is 0 Å². The number of nitrogen functional groups attached to an aromatic ring is 1. The predicted molar refractivity (Wildman–Crippen MR) is 88.2 cm³/mol. The fraction of sp³-hybridized carbons (Fsp3) is 0.636. The highest BCUT2D eigenvalue weighted by Gasteiger charge is 2.57. The third-order valence-electron chi connectivity index (χ3n) is 4.47. The number of rotatable bonds is 5. The number of aromatic nitrogens is 2. The number of hydrogen-bond acceptors (Lipinski definition) is 11. The minimum atomic E-state index is -4.16. The molecule has 6 N–H and O–H groups in total. The minimum Gasteiger partial charge on any atom is -0.380 e. The Balaban J connectivity index is 2.02. The van der Waals surface area contributed by atoms with Crippen molar-refractivity contribution in [1.82, 2.24) is 9.97 Å². The molecule has 14 heteroatoms. The SMILES string of the molecule is Nc1nc2c(c(=O)[nH]1)NCN2C1CC(S(=O)(=O)CO)C1S(=O)(=O)CO. The zero-order valence-electron chi connectivity index (χ0n) is 12.8. The molecule has 1 aliphatic heterocycles. The van der Waals surface area contributed by atoms with Gasteiger partial charge in [0.15, 0.2) is 25.5 Å². The Bertz CT molecular complexity index is 958. The molecule has 3 rings (SSSR count). The van der Waals surface area contributed by atoms with Crippen LogP contribution in [-0.4, -0.2) is 72.1 Å². The minimum absolute atomic E-state index is 0.0306. The van der Waals surface area contributed by atoms with E-state index in [1.54, 1.807) is 0 Å². The van der Waals surface area contributed by atoms with Crippen molar-refractivity contribution in [3.05, 3.63) is 10.4 Å². The van der Waals surface area contributed by atoms with Gasteiger partial charge in [-0.1, -0.05) is 0 Å². The average molecular weight is 395 g/mol. The van der Waals surface area contributed by atoms with E-state index in [-0.39, 0.29) is 30.5 Å². The first kappa shape index (κ1) is 17.9. The molecule has 3 unspecified atom stereocenters. The second kappa shape index (κ2) is 5.82. The fourth-order valence-electron chi connectivity index (χ4n) is 3.23. The van der Waals surface area contributed by atoms with Crippen molar-refractivity contribution in [2.75, 3.05) is 34.5 Å². The molecule has 12 nitrogen and oxygen atoms in total. The number of anilines is 3. The normalized spacial score (nSPS) is 26.0. The van der Waals surface area contributed by atoms with Crippen molar-refractivity contribution in [1.29, 1.82) is 0 Å². The monoisotopic (exact) mass is 395 g/mol. The van der Waals surface area contributed by atoms with E-state index in [2.05, 4.69) is 15.3 Å². The van der Waals surface area contributed by atoms with E-state index in [0.717, 1.165) is 0 Å².